The minimum Gasteiger partial charge on any atom is -0.396 e. The van der Waals surface area contributed by atoms with Gasteiger partial charge in [0.1, 0.15) is 6.17 Å². The molecule has 0 aromatic carbocycles. The second-order valence-electron chi connectivity index (χ2n) is 2.43. The highest BCUT2D eigenvalue weighted by Gasteiger charge is 2.24. The van der Waals surface area contributed by atoms with Crippen LogP contribution >= 0.6 is 0 Å². The molecule has 0 unspecified atom stereocenters. The minimum absolute atomic E-state index is 0.216. The minimum atomic E-state index is -0.608. The van der Waals surface area contributed by atoms with Crippen LogP contribution in [0.25, 0.3) is 0 Å². The second kappa shape index (κ2) is 3.13. The monoisotopic (exact) mass is 133 g/mol. The van der Waals surface area contributed by atoms with Crippen LogP contribution in [0.3, 0.4) is 0 Å². The summed E-state index contributed by atoms with van der Waals surface area (Å²) in [6, 6.07) is 0. The third-order valence-corrected chi connectivity index (χ3v) is 1.55. The van der Waals surface area contributed by atoms with Crippen LogP contribution in [0.1, 0.15) is 6.42 Å². The number of aliphatic hydroxyl groups is 1. The predicted molar refractivity (Wildman–Crippen MR) is 33.0 cm³/mol. The number of hydrogen-bond acceptors (Lipinski definition) is 2. The van der Waals surface area contributed by atoms with E-state index in [1.54, 1.807) is 0 Å². The number of halogens is 1. The maximum atomic E-state index is 12.1. The highest BCUT2D eigenvalue weighted by molar-refractivity contribution is 4.78. The molecule has 1 rings (SSSR count). The van der Waals surface area contributed by atoms with E-state index < -0.39 is 6.17 Å². The average molecular weight is 133 g/mol. The summed E-state index contributed by atoms with van der Waals surface area (Å²) in [5.41, 5.74) is 0. The third-order valence-electron chi connectivity index (χ3n) is 1.55. The van der Waals surface area contributed by atoms with Crippen molar-refractivity contribution in [3.05, 3.63) is 0 Å². The summed E-state index contributed by atoms with van der Waals surface area (Å²) >= 11 is 0. The van der Waals surface area contributed by atoms with Gasteiger partial charge in [-0.25, -0.2) is 4.39 Å². The van der Waals surface area contributed by atoms with Gasteiger partial charge in [0.05, 0.1) is 0 Å². The van der Waals surface area contributed by atoms with Crippen molar-refractivity contribution in [3.8, 4) is 0 Å². The molecule has 0 aliphatic carbocycles. The van der Waals surface area contributed by atoms with Gasteiger partial charge in [-0.3, -0.25) is 4.90 Å². The third kappa shape index (κ3) is 1.91. The SMILES string of the molecule is OCCCN1CC(F)C1. The molecule has 0 aromatic heterocycles. The Hall–Kier alpha value is -0.150. The Morgan fingerprint density at radius 1 is 1.56 bits per heavy atom. The Labute approximate surface area is 54.3 Å². The standard InChI is InChI=1S/C6H12FNO/c7-6-4-8(5-6)2-1-3-9/h6,9H,1-5H2. The van der Waals surface area contributed by atoms with Gasteiger partial charge in [0.25, 0.3) is 0 Å². The normalized spacial score (nSPS) is 22.0. The molecule has 0 spiro atoms. The molecular formula is C6H12FNO. The van der Waals surface area contributed by atoms with E-state index in [-0.39, 0.29) is 6.61 Å². The van der Waals surface area contributed by atoms with Crippen LogP contribution in [0.2, 0.25) is 0 Å². The zero-order valence-electron chi connectivity index (χ0n) is 5.39. The van der Waals surface area contributed by atoms with E-state index >= 15 is 0 Å². The van der Waals surface area contributed by atoms with Crippen LogP contribution in [0.4, 0.5) is 4.39 Å². The summed E-state index contributed by atoms with van der Waals surface area (Å²) in [5.74, 6) is 0. The molecule has 9 heavy (non-hydrogen) atoms. The van der Waals surface area contributed by atoms with Crippen molar-refractivity contribution < 1.29 is 9.50 Å². The Kier molecular flexibility index (Phi) is 2.42. The maximum absolute atomic E-state index is 12.1. The number of rotatable bonds is 3. The molecule has 1 aliphatic heterocycles. The molecule has 0 atom stereocenters. The van der Waals surface area contributed by atoms with E-state index in [1.807, 2.05) is 4.90 Å². The Balaban J connectivity index is 1.91. The molecule has 0 bridgehead atoms. The second-order valence-corrected chi connectivity index (χ2v) is 2.43. The van der Waals surface area contributed by atoms with E-state index in [1.165, 1.54) is 0 Å². The van der Waals surface area contributed by atoms with Gasteiger partial charge >= 0.3 is 0 Å². The Morgan fingerprint density at radius 2 is 2.22 bits per heavy atom. The van der Waals surface area contributed by atoms with E-state index in [4.69, 9.17) is 5.11 Å². The van der Waals surface area contributed by atoms with Crippen LogP contribution < -0.4 is 0 Å². The molecule has 0 aromatic rings. The van der Waals surface area contributed by atoms with Gasteiger partial charge in [0, 0.05) is 26.2 Å². The fourth-order valence-corrected chi connectivity index (χ4v) is 0.984. The molecule has 0 amide bonds. The summed E-state index contributed by atoms with van der Waals surface area (Å²) in [6.07, 6.45) is 0.163. The van der Waals surface area contributed by atoms with E-state index in [2.05, 4.69) is 0 Å². The predicted octanol–water partition coefficient (Wildman–Crippen LogP) is 0.0225. The van der Waals surface area contributed by atoms with Crippen molar-refractivity contribution in [1.29, 1.82) is 0 Å². The van der Waals surface area contributed by atoms with Gasteiger partial charge in [-0.05, 0) is 6.42 Å². The lowest BCUT2D eigenvalue weighted by atomic mass is 10.2. The lowest BCUT2D eigenvalue weighted by molar-refractivity contribution is 0.0602. The van der Waals surface area contributed by atoms with Gasteiger partial charge in [-0.15, -0.1) is 0 Å². The van der Waals surface area contributed by atoms with Crippen molar-refractivity contribution >= 4 is 0 Å². The van der Waals surface area contributed by atoms with Crippen LogP contribution in [-0.2, 0) is 0 Å². The molecule has 2 nitrogen and oxygen atoms in total. The van der Waals surface area contributed by atoms with Gasteiger partial charge in [0.2, 0.25) is 0 Å². The van der Waals surface area contributed by atoms with Crippen LogP contribution in [-0.4, -0.2) is 42.4 Å². The van der Waals surface area contributed by atoms with Gasteiger partial charge in [0.15, 0.2) is 0 Å². The van der Waals surface area contributed by atoms with E-state index in [0.29, 0.717) is 13.1 Å². The summed E-state index contributed by atoms with van der Waals surface area (Å²) < 4.78 is 12.1. The van der Waals surface area contributed by atoms with Crippen molar-refractivity contribution in [2.45, 2.75) is 12.6 Å². The van der Waals surface area contributed by atoms with Crippen LogP contribution in [0.5, 0.6) is 0 Å². The lowest BCUT2D eigenvalue weighted by Crippen LogP contribution is -2.48. The highest BCUT2D eigenvalue weighted by atomic mass is 19.1. The van der Waals surface area contributed by atoms with E-state index in [9.17, 15) is 4.39 Å². The van der Waals surface area contributed by atoms with E-state index in [0.717, 1.165) is 13.0 Å². The molecule has 0 radical (unpaired) electrons. The molecule has 1 aliphatic rings. The number of nitrogens with zero attached hydrogens (tertiary/aromatic N) is 1. The van der Waals surface area contributed by atoms with Crippen molar-refractivity contribution in [3.63, 3.8) is 0 Å². The van der Waals surface area contributed by atoms with Crippen molar-refractivity contribution in [1.82, 2.24) is 4.90 Å². The Bertz CT molecular complexity index is 83.1. The van der Waals surface area contributed by atoms with Gasteiger partial charge in [-0.1, -0.05) is 0 Å². The zero-order chi connectivity index (χ0) is 6.69. The summed E-state index contributed by atoms with van der Waals surface area (Å²) in [7, 11) is 0. The molecule has 3 heteroatoms. The summed E-state index contributed by atoms with van der Waals surface area (Å²) in [4.78, 5) is 2.00. The number of alkyl halides is 1. The summed E-state index contributed by atoms with van der Waals surface area (Å²) in [5, 5.41) is 8.38. The quantitative estimate of drug-likeness (QED) is 0.586. The number of likely N-dealkylation sites (tertiary alicyclic amines) is 1. The Morgan fingerprint density at radius 3 is 2.67 bits per heavy atom. The fourth-order valence-electron chi connectivity index (χ4n) is 0.984. The molecular weight excluding hydrogens is 121 g/mol. The largest absolute Gasteiger partial charge is 0.396 e. The molecule has 1 saturated heterocycles. The average Bonchev–Trinajstić information content (AvgIpc) is 1.78. The first-order valence-corrected chi connectivity index (χ1v) is 3.30. The van der Waals surface area contributed by atoms with Crippen molar-refractivity contribution in [2.24, 2.45) is 0 Å². The first-order valence-electron chi connectivity index (χ1n) is 3.30. The zero-order valence-corrected chi connectivity index (χ0v) is 5.39. The van der Waals surface area contributed by atoms with Crippen molar-refractivity contribution in [2.75, 3.05) is 26.2 Å². The highest BCUT2D eigenvalue weighted by Crippen LogP contribution is 2.10. The fraction of sp³-hybridized carbons (Fsp3) is 1.00. The lowest BCUT2D eigenvalue weighted by Gasteiger charge is -2.33. The first kappa shape index (κ1) is 6.96. The number of hydrogen-bond donors (Lipinski definition) is 1. The molecule has 0 saturated carbocycles. The van der Waals surface area contributed by atoms with Gasteiger partial charge < -0.3 is 5.11 Å². The molecule has 1 heterocycles. The molecule has 54 valence electrons. The smallest absolute Gasteiger partial charge is 0.125 e. The first-order chi connectivity index (χ1) is 4.33. The van der Waals surface area contributed by atoms with Crippen LogP contribution in [0, 0.1) is 0 Å². The maximum Gasteiger partial charge on any atom is 0.125 e. The molecule has 1 N–H and O–H groups in total. The molecule has 1 fully saturated rings. The van der Waals surface area contributed by atoms with Crippen LogP contribution in [0.15, 0.2) is 0 Å². The van der Waals surface area contributed by atoms with Gasteiger partial charge in [-0.2, -0.15) is 0 Å². The topological polar surface area (TPSA) is 23.5 Å². The number of aliphatic hydroxyl groups excluding tert-OH is 1. The summed E-state index contributed by atoms with van der Waals surface area (Å²) in [6.45, 7) is 2.20.